The van der Waals surface area contributed by atoms with Crippen LogP contribution in [0, 0.1) is 5.41 Å². The van der Waals surface area contributed by atoms with Crippen molar-refractivity contribution in [2.45, 2.75) is 13.3 Å². The zero-order valence-electron chi connectivity index (χ0n) is 8.74. The molecule has 0 fully saturated rings. The van der Waals surface area contributed by atoms with Gasteiger partial charge in [-0.25, -0.2) is 0 Å². The van der Waals surface area contributed by atoms with Gasteiger partial charge in [-0.05, 0) is 18.9 Å². The Morgan fingerprint density at radius 2 is 2.07 bits per heavy atom. The zero-order valence-corrected chi connectivity index (χ0v) is 8.74. The Labute approximate surface area is 88.1 Å². The molecule has 0 bridgehead atoms. The van der Waals surface area contributed by atoms with Crippen molar-refractivity contribution < 1.29 is 14.3 Å². The minimum Gasteiger partial charge on any atom is -0.468 e. The molecule has 0 unspecified atom stereocenters. The van der Waals surface area contributed by atoms with Gasteiger partial charge in [0.1, 0.15) is 5.41 Å². The van der Waals surface area contributed by atoms with E-state index in [0.717, 1.165) is 5.56 Å². The van der Waals surface area contributed by atoms with Crippen molar-refractivity contribution in [2.75, 3.05) is 7.11 Å². The van der Waals surface area contributed by atoms with Gasteiger partial charge < -0.3 is 4.74 Å². The van der Waals surface area contributed by atoms with Crippen LogP contribution in [-0.4, -0.2) is 18.9 Å². The van der Waals surface area contributed by atoms with E-state index in [1.165, 1.54) is 7.11 Å². The minimum absolute atomic E-state index is 0.134. The first-order valence-electron chi connectivity index (χ1n) is 4.81. The molecule has 1 aromatic carbocycles. The van der Waals surface area contributed by atoms with Gasteiger partial charge in [-0.15, -0.1) is 0 Å². The molecule has 1 aliphatic rings. The van der Waals surface area contributed by atoms with Crippen LogP contribution in [0.3, 0.4) is 0 Å². The second kappa shape index (κ2) is 3.19. The summed E-state index contributed by atoms with van der Waals surface area (Å²) in [5.41, 5.74) is 0.541. The van der Waals surface area contributed by atoms with Crippen LogP contribution in [0.4, 0.5) is 0 Å². The number of ether oxygens (including phenoxy) is 1. The van der Waals surface area contributed by atoms with Crippen LogP contribution in [0.2, 0.25) is 0 Å². The molecule has 0 heterocycles. The molecule has 0 saturated heterocycles. The van der Waals surface area contributed by atoms with Crippen LogP contribution in [0.1, 0.15) is 22.8 Å². The Balaban J connectivity index is 2.47. The SMILES string of the molecule is COC(=O)[C@@]1(C)Cc2ccccc2C1=O. The molecule has 0 aromatic heterocycles. The average Bonchev–Trinajstić information content (AvgIpc) is 2.52. The third kappa shape index (κ3) is 1.27. The van der Waals surface area contributed by atoms with Crippen LogP contribution >= 0.6 is 0 Å². The van der Waals surface area contributed by atoms with Crippen molar-refractivity contribution in [1.82, 2.24) is 0 Å². The van der Waals surface area contributed by atoms with Crippen LogP contribution in [0.25, 0.3) is 0 Å². The molecule has 15 heavy (non-hydrogen) atoms. The average molecular weight is 204 g/mol. The molecule has 1 aliphatic carbocycles. The molecule has 1 atom stereocenters. The molecule has 2 rings (SSSR count). The third-order valence-corrected chi connectivity index (χ3v) is 2.94. The number of fused-ring (bicyclic) bond motifs is 1. The number of hydrogen-bond donors (Lipinski definition) is 0. The molecular weight excluding hydrogens is 192 g/mol. The van der Waals surface area contributed by atoms with E-state index in [2.05, 4.69) is 4.74 Å². The Morgan fingerprint density at radius 1 is 1.40 bits per heavy atom. The summed E-state index contributed by atoms with van der Waals surface area (Å²) in [6.07, 6.45) is 0.439. The molecule has 3 heteroatoms. The van der Waals surface area contributed by atoms with Crippen LogP contribution < -0.4 is 0 Å². The lowest BCUT2D eigenvalue weighted by Gasteiger charge is -2.17. The van der Waals surface area contributed by atoms with E-state index >= 15 is 0 Å². The van der Waals surface area contributed by atoms with Crippen LogP contribution in [0.15, 0.2) is 24.3 Å². The highest BCUT2D eigenvalue weighted by Crippen LogP contribution is 2.37. The summed E-state index contributed by atoms with van der Waals surface area (Å²) in [4.78, 5) is 23.6. The number of rotatable bonds is 1. The number of carbonyl (C=O) groups is 2. The van der Waals surface area contributed by atoms with E-state index in [9.17, 15) is 9.59 Å². The van der Waals surface area contributed by atoms with Crippen molar-refractivity contribution in [3.63, 3.8) is 0 Å². The van der Waals surface area contributed by atoms with E-state index in [0.29, 0.717) is 12.0 Å². The maximum atomic E-state index is 12.0. The molecular formula is C12H12O3. The first-order chi connectivity index (χ1) is 7.09. The number of esters is 1. The van der Waals surface area contributed by atoms with Gasteiger partial charge in [0.2, 0.25) is 0 Å². The number of carbonyl (C=O) groups excluding carboxylic acids is 2. The lowest BCUT2D eigenvalue weighted by Crippen LogP contribution is -2.34. The fourth-order valence-electron chi connectivity index (χ4n) is 2.04. The monoisotopic (exact) mass is 204 g/mol. The van der Waals surface area contributed by atoms with Crippen molar-refractivity contribution in [3.8, 4) is 0 Å². The molecule has 0 spiro atoms. The Morgan fingerprint density at radius 3 is 2.67 bits per heavy atom. The number of methoxy groups -OCH3 is 1. The van der Waals surface area contributed by atoms with Gasteiger partial charge in [0, 0.05) is 5.56 Å². The van der Waals surface area contributed by atoms with E-state index < -0.39 is 11.4 Å². The van der Waals surface area contributed by atoms with Crippen LogP contribution in [-0.2, 0) is 16.0 Å². The Kier molecular flexibility index (Phi) is 2.11. The van der Waals surface area contributed by atoms with Crippen molar-refractivity contribution >= 4 is 11.8 Å². The first-order valence-corrected chi connectivity index (χ1v) is 4.81. The summed E-state index contributed by atoms with van der Waals surface area (Å²) in [6, 6.07) is 7.31. The quantitative estimate of drug-likeness (QED) is 0.515. The van der Waals surface area contributed by atoms with Crippen LogP contribution in [0.5, 0.6) is 0 Å². The summed E-state index contributed by atoms with van der Waals surface area (Å²) < 4.78 is 4.68. The summed E-state index contributed by atoms with van der Waals surface area (Å²) in [6.45, 7) is 1.64. The fourth-order valence-corrected chi connectivity index (χ4v) is 2.04. The van der Waals surface area contributed by atoms with E-state index in [4.69, 9.17) is 0 Å². The number of Topliss-reactive ketones (excluding diaryl/α,β-unsaturated/α-hetero) is 1. The molecule has 0 radical (unpaired) electrons. The standard InChI is InChI=1S/C12H12O3/c1-12(11(14)15-2)7-8-5-3-4-6-9(8)10(12)13/h3-6H,7H2,1-2H3/t12-/m0/s1. The predicted octanol–water partition coefficient (Wildman–Crippen LogP) is 1.60. The highest BCUT2D eigenvalue weighted by molar-refractivity contribution is 6.15. The van der Waals surface area contributed by atoms with Crippen molar-refractivity contribution in [1.29, 1.82) is 0 Å². The smallest absolute Gasteiger partial charge is 0.319 e. The second-order valence-electron chi connectivity index (χ2n) is 3.99. The van der Waals surface area contributed by atoms with Gasteiger partial charge in [0.25, 0.3) is 0 Å². The van der Waals surface area contributed by atoms with Crippen molar-refractivity contribution in [3.05, 3.63) is 35.4 Å². The predicted molar refractivity (Wildman–Crippen MR) is 54.6 cm³/mol. The lowest BCUT2D eigenvalue weighted by molar-refractivity contribution is -0.148. The molecule has 0 saturated carbocycles. The molecule has 0 amide bonds. The summed E-state index contributed by atoms with van der Waals surface area (Å²) in [5, 5.41) is 0. The van der Waals surface area contributed by atoms with Gasteiger partial charge in [-0.2, -0.15) is 0 Å². The molecule has 78 valence electrons. The number of benzene rings is 1. The highest BCUT2D eigenvalue weighted by atomic mass is 16.5. The van der Waals surface area contributed by atoms with E-state index in [1.807, 2.05) is 12.1 Å². The van der Waals surface area contributed by atoms with Gasteiger partial charge in [0.05, 0.1) is 7.11 Å². The summed E-state index contributed by atoms with van der Waals surface area (Å²) in [7, 11) is 1.31. The topological polar surface area (TPSA) is 43.4 Å². The van der Waals surface area contributed by atoms with E-state index in [-0.39, 0.29) is 5.78 Å². The number of hydrogen-bond acceptors (Lipinski definition) is 3. The Bertz CT molecular complexity index is 436. The maximum absolute atomic E-state index is 12.0. The third-order valence-electron chi connectivity index (χ3n) is 2.94. The normalized spacial score (nSPS) is 23.7. The first kappa shape index (κ1) is 9.90. The van der Waals surface area contributed by atoms with Gasteiger partial charge in [0.15, 0.2) is 5.78 Å². The maximum Gasteiger partial charge on any atom is 0.319 e. The van der Waals surface area contributed by atoms with Crippen molar-refractivity contribution in [2.24, 2.45) is 5.41 Å². The molecule has 0 N–H and O–H groups in total. The summed E-state index contributed by atoms with van der Waals surface area (Å²) in [5.74, 6) is -0.589. The van der Waals surface area contributed by atoms with Gasteiger partial charge >= 0.3 is 5.97 Å². The zero-order chi connectivity index (χ0) is 11.1. The highest BCUT2D eigenvalue weighted by Gasteiger charge is 2.48. The lowest BCUT2D eigenvalue weighted by atomic mass is 9.86. The molecule has 0 aliphatic heterocycles. The number of ketones is 1. The minimum atomic E-state index is -1.03. The van der Waals surface area contributed by atoms with Gasteiger partial charge in [-0.3, -0.25) is 9.59 Å². The fraction of sp³-hybridized carbons (Fsp3) is 0.333. The molecule has 1 aromatic rings. The summed E-state index contributed by atoms with van der Waals surface area (Å²) >= 11 is 0. The van der Waals surface area contributed by atoms with E-state index in [1.54, 1.807) is 19.1 Å². The largest absolute Gasteiger partial charge is 0.468 e. The second-order valence-corrected chi connectivity index (χ2v) is 3.99. The molecule has 3 nitrogen and oxygen atoms in total. The van der Waals surface area contributed by atoms with Gasteiger partial charge in [-0.1, -0.05) is 24.3 Å². The Hall–Kier alpha value is -1.64.